The van der Waals surface area contributed by atoms with Gasteiger partial charge in [0.05, 0.1) is 11.3 Å². The number of halogens is 1. The topological polar surface area (TPSA) is 60.4 Å². The predicted molar refractivity (Wildman–Crippen MR) is 85.6 cm³/mol. The molecule has 22 heavy (non-hydrogen) atoms. The third kappa shape index (κ3) is 4.86. The van der Waals surface area contributed by atoms with E-state index in [9.17, 15) is 13.2 Å². The largest absolute Gasteiger partial charge is 0.457 e. The number of carbonyl (C=O) groups excluding carboxylic acids is 1. The van der Waals surface area contributed by atoms with Gasteiger partial charge >= 0.3 is 5.97 Å². The Hall–Kier alpha value is -1.85. The first-order chi connectivity index (χ1) is 10.3. The van der Waals surface area contributed by atoms with Gasteiger partial charge in [-0.3, -0.25) is 0 Å². The van der Waals surface area contributed by atoms with E-state index in [-0.39, 0.29) is 12.4 Å². The highest BCUT2D eigenvalue weighted by atomic mass is 35.5. The van der Waals surface area contributed by atoms with Gasteiger partial charge in [0.25, 0.3) is 0 Å². The molecule has 2 aromatic carbocycles. The van der Waals surface area contributed by atoms with Crippen molar-refractivity contribution >= 4 is 27.4 Å². The van der Waals surface area contributed by atoms with E-state index < -0.39 is 15.8 Å². The number of benzene rings is 2. The lowest BCUT2D eigenvalue weighted by molar-refractivity contribution is 0.0473. The standard InChI is InChI=1S/C16H15ClO4S/c1-22(19,20)11-12-6-8-13(9-7-12)16(18)21-10-14-4-2-3-5-15(14)17/h2-9H,10-11H2,1H3. The lowest BCUT2D eigenvalue weighted by atomic mass is 10.1. The van der Waals surface area contributed by atoms with Crippen LogP contribution in [0.5, 0.6) is 0 Å². The van der Waals surface area contributed by atoms with Gasteiger partial charge in [-0.15, -0.1) is 0 Å². The molecule has 2 rings (SSSR count). The predicted octanol–water partition coefficient (Wildman–Crippen LogP) is 3.24. The van der Waals surface area contributed by atoms with E-state index in [1.54, 1.807) is 42.5 Å². The van der Waals surface area contributed by atoms with Crippen molar-refractivity contribution < 1.29 is 17.9 Å². The molecule has 0 radical (unpaired) electrons. The highest BCUT2D eigenvalue weighted by Crippen LogP contribution is 2.17. The molecule has 0 atom stereocenters. The lowest BCUT2D eigenvalue weighted by Gasteiger charge is -2.07. The van der Waals surface area contributed by atoms with Crippen LogP contribution >= 0.6 is 11.6 Å². The Balaban J connectivity index is 2.00. The van der Waals surface area contributed by atoms with Crippen LogP contribution in [-0.4, -0.2) is 20.6 Å². The maximum Gasteiger partial charge on any atom is 0.338 e. The SMILES string of the molecule is CS(=O)(=O)Cc1ccc(C(=O)OCc2ccccc2Cl)cc1. The van der Waals surface area contributed by atoms with Crippen molar-refractivity contribution in [3.05, 3.63) is 70.2 Å². The Morgan fingerprint density at radius 3 is 2.32 bits per heavy atom. The first kappa shape index (κ1) is 16.5. The van der Waals surface area contributed by atoms with Crippen molar-refractivity contribution in [2.45, 2.75) is 12.4 Å². The molecule has 0 amide bonds. The second-order valence-corrected chi connectivity index (χ2v) is 7.48. The van der Waals surface area contributed by atoms with E-state index in [1.807, 2.05) is 6.07 Å². The summed E-state index contributed by atoms with van der Waals surface area (Å²) in [6, 6.07) is 13.4. The van der Waals surface area contributed by atoms with Crippen LogP contribution in [0.1, 0.15) is 21.5 Å². The summed E-state index contributed by atoms with van der Waals surface area (Å²) in [6.45, 7) is 0.0869. The normalized spacial score (nSPS) is 11.2. The van der Waals surface area contributed by atoms with E-state index in [1.165, 1.54) is 6.26 Å². The molecular weight excluding hydrogens is 324 g/mol. The molecule has 0 N–H and O–H groups in total. The van der Waals surface area contributed by atoms with Crippen LogP contribution in [0.3, 0.4) is 0 Å². The molecule has 0 unspecified atom stereocenters. The molecule has 116 valence electrons. The van der Waals surface area contributed by atoms with Gasteiger partial charge in [-0.2, -0.15) is 0 Å². The van der Waals surface area contributed by atoms with Gasteiger partial charge in [0, 0.05) is 16.8 Å². The highest BCUT2D eigenvalue weighted by molar-refractivity contribution is 7.89. The minimum atomic E-state index is -3.09. The summed E-state index contributed by atoms with van der Waals surface area (Å²) in [4.78, 5) is 11.9. The summed E-state index contributed by atoms with van der Waals surface area (Å²) in [5.74, 6) is -0.534. The Bertz CT molecular complexity index is 767. The van der Waals surface area contributed by atoms with Crippen LogP contribution in [0, 0.1) is 0 Å². The van der Waals surface area contributed by atoms with Crippen molar-refractivity contribution in [3.63, 3.8) is 0 Å². The second-order valence-electron chi connectivity index (χ2n) is 4.93. The van der Waals surface area contributed by atoms with Gasteiger partial charge in [-0.1, -0.05) is 41.9 Å². The molecular formula is C16H15ClO4S. The summed E-state index contributed by atoms with van der Waals surface area (Å²) in [6.07, 6.45) is 1.17. The third-order valence-corrected chi connectivity index (χ3v) is 4.16. The minimum absolute atomic E-state index is 0.0536. The molecule has 6 heteroatoms. The van der Waals surface area contributed by atoms with Crippen molar-refractivity contribution in [1.29, 1.82) is 0 Å². The number of ether oxygens (including phenoxy) is 1. The molecule has 4 nitrogen and oxygen atoms in total. The first-order valence-electron chi connectivity index (χ1n) is 6.52. The van der Waals surface area contributed by atoms with Crippen LogP contribution in [0.25, 0.3) is 0 Å². The van der Waals surface area contributed by atoms with Crippen LogP contribution < -0.4 is 0 Å². The number of hydrogen-bond donors (Lipinski definition) is 0. The van der Waals surface area contributed by atoms with Gasteiger partial charge in [0.15, 0.2) is 9.84 Å². The molecule has 0 heterocycles. The molecule has 0 aliphatic rings. The van der Waals surface area contributed by atoms with Gasteiger partial charge < -0.3 is 4.74 Å². The first-order valence-corrected chi connectivity index (χ1v) is 8.96. The van der Waals surface area contributed by atoms with Gasteiger partial charge in [0.2, 0.25) is 0 Å². The second kappa shape index (κ2) is 6.94. The number of sulfone groups is 1. The summed E-state index contributed by atoms with van der Waals surface area (Å²) in [5, 5.41) is 0.541. The number of esters is 1. The Morgan fingerprint density at radius 1 is 1.09 bits per heavy atom. The van der Waals surface area contributed by atoms with Crippen molar-refractivity contribution in [2.75, 3.05) is 6.26 Å². The zero-order valence-electron chi connectivity index (χ0n) is 12.0. The van der Waals surface area contributed by atoms with E-state index in [4.69, 9.17) is 16.3 Å². The van der Waals surface area contributed by atoms with Crippen LogP contribution in [-0.2, 0) is 26.9 Å². The Morgan fingerprint density at radius 2 is 1.73 bits per heavy atom. The monoisotopic (exact) mass is 338 g/mol. The zero-order valence-corrected chi connectivity index (χ0v) is 13.5. The fourth-order valence-corrected chi connectivity index (χ4v) is 2.87. The average Bonchev–Trinajstić information content (AvgIpc) is 2.45. The van der Waals surface area contributed by atoms with Gasteiger partial charge in [0.1, 0.15) is 6.61 Å². The Kier molecular flexibility index (Phi) is 5.21. The van der Waals surface area contributed by atoms with E-state index in [0.717, 1.165) is 5.56 Å². The van der Waals surface area contributed by atoms with Crippen LogP contribution in [0.15, 0.2) is 48.5 Å². The van der Waals surface area contributed by atoms with Crippen molar-refractivity contribution in [1.82, 2.24) is 0 Å². The van der Waals surface area contributed by atoms with Crippen LogP contribution in [0.2, 0.25) is 5.02 Å². The van der Waals surface area contributed by atoms with Crippen molar-refractivity contribution in [3.8, 4) is 0 Å². The molecule has 0 aliphatic carbocycles. The summed E-state index contributed by atoms with van der Waals surface area (Å²) >= 11 is 5.99. The maximum atomic E-state index is 11.9. The number of hydrogen-bond acceptors (Lipinski definition) is 4. The summed E-state index contributed by atoms with van der Waals surface area (Å²) in [5.41, 5.74) is 1.72. The van der Waals surface area contributed by atoms with Gasteiger partial charge in [-0.05, 0) is 23.8 Å². The highest BCUT2D eigenvalue weighted by Gasteiger charge is 2.10. The number of rotatable bonds is 5. The zero-order chi connectivity index (χ0) is 16.2. The fraction of sp³-hybridized carbons (Fsp3) is 0.188. The molecule has 0 spiro atoms. The van der Waals surface area contributed by atoms with E-state index in [2.05, 4.69) is 0 Å². The molecule has 0 bridgehead atoms. The summed E-state index contributed by atoms with van der Waals surface area (Å²) in [7, 11) is -3.09. The molecule has 0 aliphatic heterocycles. The minimum Gasteiger partial charge on any atom is -0.457 e. The molecule has 0 aromatic heterocycles. The quantitative estimate of drug-likeness (QED) is 0.785. The van der Waals surface area contributed by atoms with Crippen LogP contribution in [0.4, 0.5) is 0 Å². The molecule has 0 fully saturated rings. The Labute approximate surface area is 134 Å². The fourth-order valence-electron chi connectivity index (χ4n) is 1.88. The van der Waals surface area contributed by atoms with E-state index in [0.29, 0.717) is 16.1 Å². The third-order valence-electron chi connectivity index (χ3n) is 2.94. The molecule has 0 saturated carbocycles. The average molecular weight is 339 g/mol. The maximum absolute atomic E-state index is 11.9. The van der Waals surface area contributed by atoms with E-state index >= 15 is 0 Å². The molecule has 2 aromatic rings. The summed E-state index contributed by atoms with van der Waals surface area (Å²) < 4.78 is 27.6. The molecule has 0 saturated heterocycles. The number of carbonyl (C=O) groups is 1. The van der Waals surface area contributed by atoms with Gasteiger partial charge in [-0.25, -0.2) is 13.2 Å². The lowest BCUT2D eigenvalue weighted by Crippen LogP contribution is -2.06. The van der Waals surface area contributed by atoms with Crippen molar-refractivity contribution in [2.24, 2.45) is 0 Å². The smallest absolute Gasteiger partial charge is 0.338 e.